The zero-order chi connectivity index (χ0) is 66.7. The van der Waals surface area contributed by atoms with Crippen LogP contribution in [0.3, 0.4) is 0 Å². The van der Waals surface area contributed by atoms with Crippen LogP contribution in [-0.4, -0.2) is 181 Å². The molecule has 0 radical (unpaired) electrons. The molecule has 3 rings (SSSR count). The summed E-state index contributed by atoms with van der Waals surface area (Å²) in [5, 5.41) is 50.3. The molecular formula is C62H101N15O13. The molecule has 1 aliphatic rings. The predicted octanol–water partition coefficient (Wildman–Crippen LogP) is -2.82. The van der Waals surface area contributed by atoms with E-state index in [-0.39, 0.29) is 89.4 Å². The second kappa shape index (κ2) is 41.6. The van der Waals surface area contributed by atoms with Crippen LogP contribution in [0.15, 0.2) is 60.7 Å². The van der Waals surface area contributed by atoms with Crippen LogP contribution in [0, 0.1) is 5.92 Å². The van der Waals surface area contributed by atoms with E-state index in [9.17, 15) is 63.0 Å². The quantitative estimate of drug-likeness (QED) is 0.0339. The third kappa shape index (κ3) is 27.6. The number of nitrogens with one attached hydrogen (secondary N) is 11. The van der Waals surface area contributed by atoms with Gasteiger partial charge in [0.1, 0.15) is 60.4 Å². The standard InChI is InChI=1S/C62H101N15O13/c1-6-7-8-9-10-11-18-23-50(80)68-48(35-40-19-14-12-15-20-40)60(88)77-52(39(5)79)62(90)73-44(26-31-65)54(82)72-46-28-33-67-61(89)51(38(4)78)76-57(85)45(27-32-66)70-53(81)42(24-29-63)71-58(86)47(34-37(2)3)74-59(87)49(36-41-21-16-13-17-22-41)75-55(83)43(25-30-64)69-56(46)84/h12-17,19-22,37-39,42-49,51-52,78-79H,6-11,18,23-36,63-66H2,1-5H3,(H,67,89)(H,68,80)(H,69,84)(H,70,81)(H,71,86)(H,72,82)(H,73,90)(H,74,87)(H,75,83)(H,76,85)(H,77,88)/t38-,39-,42+,43+,44+,45+,46+,47+,48+,49-,51+,52+/m1/s1. The second-order valence-corrected chi connectivity index (χ2v) is 23.3. The maximum Gasteiger partial charge on any atom is 0.245 e. The Morgan fingerprint density at radius 3 is 1.54 bits per heavy atom. The highest BCUT2D eigenvalue weighted by Crippen LogP contribution is 2.13. The lowest BCUT2D eigenvalue weighted by molar-refractivity contribution is -0.137. The molecule has 11 amide bonds. The van der Waals surface area contributed by atoms with Gasteiger partial charge in [0.15, 0.2) is 0 Å². The maximum atomic E-state index is 14.6. The van der Waals surface area contributed by atoms with Crippen molar-refractivity contribution in [1.29, 1.82) is 0 Å². The lowest BCUT2D eigenvalue weighted by Crippen LogP contribution is -2.62. The SMILES string of the molecule is CCCCCCCCCC(=O)N[C@@H](Cc1ccccc1)C(=O)N[C@H](C(=O)N[C@@H](CCN)C(=O)N[C@H]1CCNC(=O)[C@H]([C@@H](C)O)NC(=O)[C@H](CCN)NC(=O)[C@H](CCN)NC(=O)[C@H](CC(C)C)NC(=O)[C@@H](Cc2ccccc2)NC(=O)[C@H](CCN)NC1=O)[C@@H](C)O. The van der Waals surface area contributed by atoms with Crippen LogP contribution in [0.1, 0.15) is 136 Å². The molecule has 28 nitrogen and oxygen atoms in total. The van der Waals surface area contributed by atoms with Crippen LogP contribution >= 0.6 is 0 Å². The van der Waals surface area contributed by atoms with Gasteiger partial charge in [0.25, 0.3) is 0 Å². The number of carbonyl (C=O) groups excluding carboxylic acids is 11. The molecule has 21 N–H and O–H groups in total. The minimum absolute atomic E-state index is 0.0293. The number of aliphatic hydroxyl groups excluding tert-OH is 2. The molecule has 0 aliphatic carbocycles. The Morgan fingerprint density at radius 1 is 0.533 bits per heavy atom. The van der Waals surface area contributed by atoms with Gasteiger partial charge in [-0.05, 0) is 102 Å². The van der Waals surface area contributed by atoms with Crippen molar-refractivity contribution in [3.8, 4) is 0 Å². The normalized spacial score (nSPS) is 21.9. The molecule has 0 unspecified atom stereocenters. The Bertz CT molecular complexity index is 2600. The first kappa shape index (κ1) is 76.6. The third-order valence-corrected chi connectivity index (χ3v) is 15.0. The molecule has 1 aliphatic heterocycles. The van der Waals surface area contributed by atoms with Crippen molar-refractivity contribution in [1.82, 2.24) is 58.5 Å². The van der Waals surface area contributed by atoms with E-state index >= 15 is 0 Å². The Hall–Kier alpha value is -7.63. The summed E-state index contributed by atoms with van der Waals surface area (Å²) in [4.78, 5) is 155. The molecule has 1 fully saturated rings. The van der Waals surface area contributed by atoms with E-state index in [1.165, 1.54) is 13.8 Å². The number of aliphatic hydroxyl groups is 2. The van der Waals surface area contributed by atoms with E-state index in [0.29, 0.717) is 17.5 Å². The zero-order valence-corrected chi connectivity index (χ0v) is 52.8. The summed E-state index contributed by atoms with van der Waals surface area (Å²) in [5.74, 6) is -9.84. The van der Waals surface area contributed by atoms with Gasteiger partial charge >= 0.3 is 0 Å². The number of hydrogen-bond donors (Lipinski definition) is 17. The summed E-state index contributed by atoms with van der Waals surface area (Å²) in [6.45, 7) is 7.01. The lowest BCUT2D eigenvalue weighted by atomic mass is 10.00. The van der Waals surface area contributed by atoms with Crippen molar-refractivity contribution in [2.24, 2.45) is 28.9 Å². The second-order valence-electron chi connectivity index (χ2n) is 23.3. The van der Waals surface area contributed by atoms with E-state index in [2.05, 4.69) is 65.4 Å². The van der Waals surface area contributed by atoms with Crippen LogP contribution in [-0.2, 0) is 65.6 Å². The van der Waals surface area contributed by atoms with Gasteiger partial charge in [0.05, 0.1) is 12.2 Å². The number of nitrogens with two attached hydrogens (primary N) is 4. The van der Waals surface area contributed by atoms with Crippen molar-refractivity contribution >= 4 is 65.0 Å². The number of amides is 11. The molecule has 0 bridgehead atoms. The minimum atomic E-state index is -1.70. The van der Waals surface area contributed by atoms with Crippen molar-refractivity contribution in [3.63, 3.8) is 0 Å². The minimum Gasteiger partial charge on any atom is -0.391 e. The highest BCUT2D eigenvalue weighted by atomic mass is 16.3. The average Bonchev–Trinajstić information content (AvgIpc) is 1.94. The van der Waals surface area contributed by atoms with Crippen LogP contribution in [0.5, 0.6) is 0 Å². The fourth-order valence-corrected chi connectivity index (χ4v) is 10.0. The fraction of sp³-hybridized carbons (Fsp3) is 0.629. The summed E-state index contributed by atoms with van der Waals surface area (Å²) in [7, 11) is 0. The topological polar surface area (TPSA) is 465 Å². The molecule has 502 valence electrons. The molecule has 28 heteroatoms. The van der Waals surface area contributed by atoms with Gasteiger partial charge in [0, 0.05) is 25.8 Å². The Morgan fingerprint density at radius 2 is 1.02 bits per heavy atom. The molecular weight excluding hydrogens is 1160 g/mol. The third-order valence-electron chi connectivity index (χ3n) is 15.0. The van der Waals surface area contributed by atoms with Crippen LogP contribution in [0.4, 0.5) is 0 Å². The summed E-state index contributed by atoms with van der Waals surface area (Å²) in [6.07, 6.45) is 2.49. The highest BCUT2D eigenvalue weighted by Gasteiger charge is 2.38. The predicted molar refractivity (Wildman–Crippen MR) is 337 cm³/mol. The summed E-state index contributed by atoms with van der Waals surface area (Å²) in [5.41, 5.74) is 25.0. The van der Waals surface area contributed by atoms with Crippen molar-refractivity contribution in [2.45, 2.75) is 210 Å². The van der Waals surface area contributed by atoms with Gasteiger partial charge in [-0.25, -0.2) is 0 Å². The molecule has 12 atom stereocenters. The molecule has 2 aromatic carbocycles. The van der Waals surface area contributed by atoms with Crippen LogP contribution < -0.4 is 81.4 Å². The van der Waals surface area contributed by atoms with Gasteiger partial charge in [-0.3, -0.25) is 52.7 Å². The number of hydrogen-bond acceptors (Lipinski definition) is 17. The van der Waals surface area contributed by atoms with Crippen molar-refractivity contribution in [3.05, 3.63) is 71.8 Å². The number of benzene rings is 2. The highest BCUT2D eigenvalue weighted by molar-refractivity contribution is 5.99. The van der Waals surface area contributed by atoms with Gasteiger partial charge in [-0.15, -0.1) is 0 Å². The van der Waals surface area contributed by atoms with E-state index in [1.54, 1.807) is 74.5 Å². The first-order valence-corrected chi connectivity index (χ1v) is 31.5. The molecule has 0 saturated carbocycles. The largest absolute Gasteiger partial charge is 0.391 e. The summed E-state index contributed by atoms with van der Waals surface area (Å²) < 4.78 is 0. The monoisotopic (exact) mass is 1260 g/mol. The molecule has 0 spiro atoms. The lowest BCUT2D eigenvalue weighted by Gasteiger charge is -2.29. The van der Waals surface area contributed by atoms with Gasteiger partial charge in [-0.2, -0.15) is 0 Å². The number of rotatable bonds is 31. The number of carbonyl (C=O) groups is 11. The van der Waals surface area contributed by atoms with Crippen molar-refractivity contribution < 1.29 is 63.0 Å². The number of unbranched alkanes of at least 4 members (excludes halogenated alkanes) is 6. The van der Waals surface area contributed by atoms with Crippen LogP contribution in [0.2, 0.25) is 0 Å². The smallest absolute Gasteiger partial charge is 0.245 e. The van der Waals surface area contributed by atoms with E-state index in [4.69, 9.17) is 22.9 Å². The van der Waals surface area contributed by atoms with E-state index in [0.717, 1.165) is 38.5 Å². The summed E-state index contributed by atoms with van der Waals surface area (Å²) in [6, 6.07) is 2.61. The Labute approximate surface area is 528 Å². The molecule has 1 saturated heterocycles. The van der Waals surface area contributed by atoms with Gasteiger partial charge in [0.2, 0.25) is 65.0 Å². The Balaban J connectivity index is 2.06. The summed E-state index contributed by atoms with van der Waals surface area (Å²) >= 11 is 0. The molecule has 2 aromatic rings. The molecule has 0 aromatic heterocycles. The van der Waals surface area contributed by atoms with Crippen LogP contribution in [0.25, 0.3) is 0 Å². The van der Waals surface area contributed by atoms with Crippen molar-refractivity contribution in [2.75, 3.05) is 32.7 Å². The zero-order valence-electron chi connectivity index (χ0n) is 52.8. The average molecular weight is 1260 g/mol. The first-order chi connectivity index (χ1) is 43.0. The van der Waals surface area contributed by atoms with E-state index in [1.807, 2.05) is 0 Å². The van der Waals surface area contributed by atoms with E-state index < -0.39 is 145 Å². The molecule has 90 heavy (non-hydrogen) atoms. The van der Waals surface area contributed by atoms with Gasteiger partial charge < -0.3 is 91.6 Å². The van der Waals surface area contributed by atoms with Gasteiger partial charge in [-0.1, -0.05) is 120 Å². The fourth-order valence-electron chi connectivity index (χ4n) is 10.0. The first-order valence-electron chi connectivity index (χ1n) is 31.5. The maximum absolute atomic E-state index is 14.6. The Kier molecular flexibility index (Phi) is 35.4. The molecule has 1 heterocycles.